The number of hydrogen-bond donors (Lipinski definition) is 0. The van der Waals surface area contributed by atoms with E-state index in [0.29, 0.717) is 17.4 Å². The standard InChI is InChI=1S/C19H26O4/c1-10(2)17(20)22-14-6-11(3)19(5)9-15-12(4)18(21)23-16(15)8-13(19)7-14/h11,13-14,16H,1,6-9H2,2-5H3/t11-,13+,14+,16+,19+/m0/s1. The van der Waals surface area contributed by atoms with Crippen molar-refractivity contribution in [1.29, 1.82) is 0 Å². The highest BCUT2D eigenvalue weighted by Crippen LogP contribution is 2.57. The Morgan fingerprint density at radius 2 is 2.04 bits per heavy atom. The summed E-state index contributed by atoms with van der Waals surface area (Å²) in [6, 6.07) is 0. The van der Waals surface area contributed by atoms with Crippen LogP contribution in [0.2, 0.25) is 0 Å². The molecule has 0 spiro atoms. The second-order valence-electron chi connectivity index (χ2n) is 7.84. The van der Waals surface area contributed by atoms with E-state index in [4.69, 9.17) is 9.47 Å². The minimum atomic E-state index is -0.301. The fourth-order valence-corrected chi connectivity index (χ4v) is 4.55. The van der Waals surface area contributed by atoms with Crippen molar-refractivity contribution >= 4 is 11.9 Å². The molecule has 0 aromatic heterocycles. The number of carbonyl (C=O) groups is 2. The van der Waals surface area contributed by atoms with E-state index < -0.39 is 0 Å². The molecule has 0 aromatic carbocycles. The molecule has 0 aromatic rings. The molecule has 1 aliphatic heterocycles. The normalized spacial score (nSPS) is 39.4. The van der Waals surface area contributed by atoms with Gasteiger partial charge in [-0.3, -0.25) is 0 Å². The molecule has 4 heteroatoms. The molecule has 2 saturated carbocycles. The van der Waals surface area contributed by atoms with E-state index in [1.165, 1.54) is 5.57 Å². The fraction of sp³-hybridized carbons (Fsp3) is 0.684. The third kappa shape index (κ3) is 2.62. The molecular formula is C19H26O4. The largest absolute Gasteiger partial charge is 0.459 e. The molecule has 3 aliphatic rings. The Bertz CT molecular complexity index is 602. The molecule has 4 nitrogen and oxygen atoms in total. The number of hydrogen-bond acceptors (Lipinski definition) is 4. The molecule has 0 unspecified atom stereocenters. The van der Waals surface area contributed by atoms with Crippen LogP contribution in [0.15, 0.2) is 23.3 Å². The van der Waals surface area contributed by atoms with Crippen LogP contribution in [-0.4, -0.2) is 24.1 Å². The second kappa shape index (κ2) is 5.50. The van der Waals surface area contributed by atoms with Crippen molar-refractivity contribution in [1.82, 2.24) is 0 Å². The molecule has 1 heterocycles. The molecule has 0 radical (unpaired) electrons. The summed E-state index contributed by atoms with van der Waals surface area (Å²) >= 11 is 0. The highest BCUT2D eigenvalue weighted by molar-refractivity contribution is 5.91. The third-order valence-corrected chi connectivity index (χ3v) is 6.34. The summed E-state index contributed by atoms with van der Waals surface area (Å²) in [5.41, 5.74) is 2.59. The lowest BCUT2D eigenvalue weighted by Gasteiger charge is -2.52. The van der Waals surface area contributed by atoms with Crippen LogP contribution in [0.5, 0.6) is 0 Å². The minimum absolute atomic E-state index is 0.0593. The zero-order valence-electron chi connectivity index (χ0n) is 14.5. The van der Waals surface area contributed by atoms with Crippen LogP contribution in [0.1, 0.15) is 53.4 Å². The van der Waals surface area contributed by atoms with Crippen LogP contribution in [0, 0.1) is 17.3 Å². The average Bonchev–Trinajstić information content (AvgIpc) is 2.73. The highest BCUT2D eigenvalue weighted by Gasteiger charge is 2.53. The van der Waals surface area contributed by atoms with Crippen LogP contribution in [0.25, 0.3) is 0 Å². The van der Waals surface area contributed by atoms with E-state index in [2.05, 4.69) is 20.4 Å². The van der Waals surface area contributed by atoms with E-state index in [0.717, 1.165) is 31.3 Å². The van der Waals surface area contributed by atoms with Crippen molar-refractivity contribution in [3.05, 3.63) is 23.3 Å². The van der Waals surface area contributed by atoms with Gasteiger partial charge in [0.2, 0.25) is 0 Å². The molecular weight excluding hydrogens is 292 g/mol. The monoisotopic (exact) mass is 318 g/mol. The van der Waals surface area contributed by atoms with Gasteiger partial charge in [0.1, 0.15) is 12.2 Å². The summed E-state index contributed by atoms with van der Waals surface area (Å²) in [7, 11) is 0. The third-order valence-electron chi connectivity index (χ3n) is 6.34. The van der Waals surface area contributed by atoms with E-state index in [-0.39, 0.29) is 29.6 Å². The second-order valence-corrected chi connectivity index (χ2v) is 7.84. The maximum absolute atomic E-state index is 11.9. The van der Waals surface area contributed by atoms with Gasteiger partial charge in [-0.1, -0.05) is 20.4 Å². The Kier molecular flexibility index (Phi) is 3.89. The number of fused-ring (bicyclic) bond motifs is 2. The minimum Gasteiger partial charge on any atom is -0.459 e. The Hall–Kier alpha value is -1.58. The lowest BCUT2D eigenvalue weighted by molar-refractivity contribution is -0.153. The van der Waals surface area contributed by atoms with Crippen molar-refractivity contribution in [3.63, 3.8) is 0 Å². The first-order valence-corrected chi connectivity index (χ1v) is 8.49. The predicted octanol–water partition coefficient (Wildman–Crippen LogP) is 3.56. The Labute approximate surface area is 137 Å². The first kappa shape index (κ1) is 16.3. The summed E-state index contributed by atoms with van der Waals surface area (Å²) in [5.74, 6) is 0.373. The van der Waals surface area contributed by atoms with Gasteiger partial charge in [-0.05, 0) is 62.4 Å². The fourth-order valence-electron chi connectivity index (χ4n) is 4.55. The SMILES string of the molecule is C=C(C)C(=O)O[C@H]1C[C@@H]2C[C@H]3OC(=O)C(C)=C3C[C@]2(C)[C@@H](C)C1. The smallest absolute Gasteiger partial charge is 0.334 e. The van der Waals surface area contributed by atoms with Crippen molar-refractivity contribution in [3.8, 4) is 0 Å². The summed E-state index contributed by atoms with van der Waals surface area (Å²) < 4.78 is 11.1. The van der Waals surface area contributed by atoms with Gasteiger partial charge >= 0.3 is 11.9 Å². The molecule has 23 heavy (non-hydrogen) atoms. The van der Waals surface area contributed by atoms with Gasteiger partial charge in [-0.2, -0.15) is 0 Å². The zero-order chi connectivity index (χ0) is 16.9. The van der Waals surface area contributed by atoms with Crippen LogP contribution in [0.3, 0.4) is 0 Å². The van der Waals surface area contributed by atoms with E-state index in [1.54, 1.807) is 6.92 Å². The first-order chi connectivity index (χ1) is 10.7. The van der Waals surface area contributed by atoms with E-state index in [9.17, 15) is 9.59 Å². The molecule has 2 aliphatic carbocycles. The average molecular weight is 318 g/mol. The quantitative estimate of drug-likeness (QED) is 0.577. The zero-order valence-corrected chi connectivity index (χ0v) is 14.5. The maximum atomic E-state index is 11.9. The maximum Gasteiger partial charge on any atom is 0.334 e. The van der Waals surface area contributed by atoms with Gasteiger partial charge in [-0.25, -0.2) is 9.59 Å². The van der Waals surface area contributed by atoms with Crippen molar-refractivity contribution in [2.45, 2.75) is 65.6 Å². The van der Waals surface area contributed by atoms with Gasteiger partial charge < -0.3 is 9.47 Å². The Balaban J connectivity index is 1.79. The van der Waals surface area contributed by atoms with Crippen LogP contribution in [-0.2, 0) is 19.1 Å². The molecule has 3 rings (SSSR count). The van der Waals surface area contributed by atoms with Crippen LogP contribution in [0.4, 0.5) is 0 Å². The topological polar surface area (TPSA) is 52.6 Å². The number of ether oxygens (including phenoxy) is 2. The molecule has 0 N–H and O–H groups in total. The van der Waals surface area contributed by atoms with Gasteiger partial charge in [0.15, 0.2) is 0 Å². The number of esters is 2. The highest BCUT2D eigenvalue weighted by atomic mass is 16.6. The number of rotatable bonds is 2. The molecule has 0 bridgehead atoms. The molecule has 5 atom stereocenters. The summed E-state index contributed by atoms with van der Waals surface area (Å²) in [6.45, 7) is 11.8. The van der Waals surface area contributed by atoms with Crippen molar-refractivity contribution < 1.29 is 19.1 Å². The number of carbonyl (C=O) groups excluding carboxylic acids is 2. The van der Waals surface area contributed by atoms with Gasteiger partial charge in [0.05, 0.1) is 0 Å². The lowest BCUT2D eigenvalue weighted by Crippen LogP contribution is -2.48. The first-order valence-electron chi connectivity index (χ1n) is 8.49. The Morgan fingerprint density at radius 3 is 2.70 bits per heavy atom. The molecule has 126 valence electrons. The van der Waals surface area contributed by atoms with E-state index >= 15 is 0 Å². The van der Waals surface area contributed by atoms with Gasteiger partial charge in [-0.15, -0.1) is 0 Å². The predicted molar refractivity (Wildman–Crippen MR) is 86.5 cm³/mol. The van der Waals surface area contributed by atoms with E-state index in [1.807, 2.05) is 6.92 Å². The van der Waals surface area contributed by atoms with Gasteiger partial charge in [0.25, 0.3) is 0 Å². The van der Waals surface area contributed by atoms with Crippen LogP contribution >= 0.6 is 0 Å². The molecule has 2 fully saturated rings. The summed E-state index contributed by atoms with van der Waals surface area (Å²) in [5, 5.41) is 0. The summed E-state index contributed by atoms with van der Waals surface area (Å²) in [4.78, 5) is 23.7. The van der Waals surface area contributed by atoms with Crippen molar-refractivity contribution in [2.24, 2.45) is 17.3 Å². The Morgan fingerprint density at radius 1 is 1.35 bits per heavy atom. The van der Waals surface area contributed by atoms with Crippen LogP contribution < -0.4 is 0 Å². The van der Waals surface area contributed by atoms with Gasteiger partial charge in [0, 0.05) is 11.1 Å². The summed E-state index contributed by atoms with van der Waals surface area (Å²) in [6.07, 6.45) is 3.36. The lowest BCUT2D eigenvalue weighted by atomic mass is 9.54. The van der Waals surface area contributed by atoms with Crippen molar-refractivity contribution in [2.75, 3.05) is 0 Å². The molecule has 0 saturated heterocycles. The molecule has 0 amide bonds.